The topological polar surface area (TPSA) is 29.9 Å². The van der Waals surface area contributed by atoms with Crippen molar-refractivity contribution in [3.63, 3.8) is 0 Å². The number of aromatic nitrogens is 2. The third kappa shape index (κ3) is 3.14. The molecular weight excluding hydrogens is 301 g/mol. The molecule has 1 atom stereocenters. The van der Waals surface area contributed by atoms with Gasteiger partial charge in [-0.25, -0.2) is 0 Å². The second-order valence-electron chi connectivity index (χ2n) is 4.21. The van der Waals surface area contributed by atoms with E-state index in [4.69, 9.17) is 23.2 Å². The number of nitrogens with zero attached hydrogens (tertiary/aromatic N) is 2. The molecule has 0 bridgehead atoms. The lowest BCUT2D eigenvalue weighted by Gasteiger charge is -2.19. The van der Waals surface area contributed by atoms with Gasteiger partial charge in [0.05, 0.1) is 28.0 Å². The Morgan fingerprint density at radius 1 is 1.37 bits per heavy atom. The molecule has 2 rings (SSSR count). The maximum atomic E-state index is 6.30. The van der Waals surface area contributed by atoms with E-state index < -0.39 is 0 Å². The first kappa shape index (κ1) is 14.9. The molecule has 19 heavy (non-hydrogen) atoms. The largest absolute Gasteiger partial charge is 0.304 e. The quantitative estimate of drug-likeness (QED) is 0.857. The molecule has 0 aliphatic heterocycles. The number of hydrogen-bond donors (Lipinski definition) is 1. The van der Waals surface area contributed by atoms with Gasteiger partial charge >= 0.3 is 0 Å². The van der Waals surface area contributed by atoms with E-state index in [1.165, 1.54) is 0 Å². The molecule has 0 spiro atoms. The van der Waals surface area contributed by atoms with Crippen LogP contribution in [0.5, 0.6) is 0 Å². The zero-order chi connectivity index (χ0) is 13.8. The minimum absolute atomic E-state index is 0.00222. The number of hydrogen-bond acceptors (Lipinski definition) is 3. The summed E-state index contributed by atoms with van der Waals surface area (Å²) in [4.78, 5) is 1.09. The Hall–Kier alpha value is -0.550. The van der Waals surface area contributed by atoms with E-state index in [9.17, 15) is 0 Å². The fraction of sp³-hybridized carbons (Fsp3) is 0.462. The van der Waals surface area contributed by atoms with Crippen LogP contribution in [0.2, 0.25) is 10.0 Å². The van der Waals surface area contributed by atoms with Crippen LogP contribution in [0.1, 0.15) is 36.9 Å². The Kier molecular flexibility index (Phi) is 5.28. The van der Waals surface area contributed by atoms with E-state index >= 15 is 0 Å². The average Bonchev–Trinajstić information content (AvgIpc) is 2.98. The second-order valence-corrected chi connectivity index (χ2v) is 5.98. The molecule has 0 saturated carbocycles. The summed E-state index contributed by atoms with van der Waals surface area (Å²) in [5, 5.41) is 11.3. The maximum Gasteiger partial charge on any atom is 0.0872 e. The summed E-state index contributed by atoms with van der Waals surface area (Å²) in [7, 11) is 0. The van der Waals surface area contributed by atoms with Gasteiger partial charge in [-0.2, -0.15) is 5.10 Å². The number of nitrogens with one attached hydrogen (secondary N) is 1. The van der Waals surface area contributed by atoms with Crippen LogP contribution in [-0.4, -0.2) is 16.3 Å². The molecule has 0 fully saturated rings. The van der Waals surface area contributed by atoms with Gasteiger partial charge < -0.3 is 5.32 Å². The predicted octanol–water partition coefficient (Wildman–Crippen LogP) is 4.36. The van der Waals surface area contributed by atoms with E-state index in [-0.39, 0.29) is 6.04 Å². The highest BCUT2D eigenvalue weighted by molar-refractivity contribution is 7.10. The molecule has 3 nitrogen and oxygen atoms in total. The van der Waals surface area contributed by atoms with Gasteiger partial charge in [0.1, 0.15) is 0 Å². The van der Waals surface area contributed by atoms with E-state index in [1.54, 1.807) is 17.5 Å². The molecule has 0 amide bonds. The lowest BCUT2D eigenvalue weighted by molar-refractivity contribution is 0.535. The first-order chi connectivity index (χ1) is 9.19. The van der Waals surface area contributed by atoms with Gasteiger partial charge in [0, 0.05) is 11.4 Å². The minimum atomic E-state index is 0.00222. The zero-order valence-electron chi connectivity index (χ0n) is 11.0. The van der Waals surface area contributed by atoms with E-state index in [2.05, 4.69) is 24.3 Å². The molecule has 0 aliphatic rings. The Labute approximate surface area is 127 Å². The number of rotatable bonds is 6. The van der Waals surface area contributed by atoms with Crippen molar-refractivity contribution < 1.29 is 0 Å². The highest BCUT2D eigenvalue weighted by Crippen LogP contribution is 2.35. The summed E-state index contributed by atoms with van der Waals surface area (Å²) in [6.07, 6.45) is 2.75. The van der Waals surface area contributed by atoms with Crippen LogP contribution in [0.4, 0.5) is 0 Å². The summed E-state index contributed by atoms with van der Waals surface area (Å²) < 4.78 is 1.92. The van der Waals surface area contributed by atoms with E-state index in [0.717, 1.165) is 35.1 Å². The van der Waals surface area contributed by atoms with Gasteiger partial charge in [0.25, 0.3) is 0 Å². The van der Waals surface area contributed by atoms with Crippen LogP contribution >= 0.6 is 34.5 Å². The first-order valence-corrected chi connectivity index (χ1v) is 8.00. The molecule has 0 aliphatic carbocycles. The number of aryl methyl sites for hydroxylation is 1. The van der Waals surface area contributed by atoms with Gasteiger partial charge in [-0.3, -0.25) is 4.68 Å². The van der Waals surface area contributed by atoms with Gasteiger partial charge in [0.15, 0.2) is 0 Å². The molecule has 0 saturated heterocycles. The molecule has 104 valence electrons. The van der Waals surface area contributed by atoms with Crippen molar-refractivity contribution in [2.24, 2.45) is 0 Å². The van der Waals surface area contributed by atoms with Crippen molar-refractivity contribution in [2.45, 2.75) is 32.9 Å². The van der Waals surface area contributed by atoms with Crippen molar-refractivity contribution in [3.8, 4) is 0 Å². The highest BCUT2D eigenvalue weighted by atomic mass is 35.5. The van der Waals surface area contributed by atoms with Gasteiger partial charge in [-0.1, -0.05) is 30.1 Å². The van der Waals surface area contributed by atoms with Crippen molar-refractivity contribution in [2.75, 3.05) is 6.54 Å². The summed E-state index contributed by atoms with van der Waals surface area (Å²) in [5.41, 5.74) is 0.988. The first-order valence-electron chi connectivity index (χ1n) is 6.36. The van der Waals surface area contributed by atoms with Gasteiger partial charge in [-0.15, -0.1) is 11.3 Å². The van der Waals surface area contributed by atoms with Crippen LogP contribution in [0.3, 0.4) is 0 Å². The molecule has 1 N–H and O–H groups in total. The van der Waals surface area contributed by atoms with Gasteiger partial charge in [0.2, 0.25) is 0 Å². The summed E-state index contributed by atoms with van der Waals surface area (Å²) in [6, 6.07) is 1.92. The third-order valence-electron chi connectivity index (χ3n) is 2.91. The highest BCUT2D eigenvalue weighted by Gasteiger charge is 2.24. The van der Waals surface area contributed by atoms with Crippen molar-refractivity contribution >= 4 is 34.5 Å². The fourth-order valence-corrected chi connectivity index (χ4v) is 3.52. The molecule has 2 heterocycles. The summed E-state index contributed by atoms with van der Waals surface area (Å²) in [6.45, 7) is 5.89. The van der Waals surface area contributed by atoms with E-state index in [0.29, 0.717) is 5.02 Å². The van der Waals surface area contributed by atoms with Crippen LogP contribution < -0.4 is 5.32 Å². The van der Waals surface area contributed by atoms with Crippen LogP contribution in [0, 0.1) is 0 Å². The third-order valence-corrected chi connectivity index (χ3v) is 4.63. The average molecular weight is 318 g/mol. The zero-order valence-corrected chi connectivity index (χ0v) is 13.3. The van der Waals surface area contributed by atoms with Crippen molar-refractivity contribution in [1.82, 2.24) is 15.1 Å². The molecule has 0 aromatic carbocycles. The Bertz CT molecular complexity index is 536. The SMILES string of the molecule is CCCNC(c1sccc1Cl)c1c(Cl)cnn1CC. The lowest BCUT2D eigenvalue weighted by atomic mass is 10.1. The Balaban J connectivity index is 2.42. The molecule has 0 radical (unpaired) electrons. The molecular formula is C13H17Cl2N3S. The molecule has 2 aromatic rings. The Morgan fingerprint density at radius 2 is 2.16 bits per heavy atom. The van der Waals surface area contributed by atoms with Crippen molar-refractivity contribution in [3.05, 3.63) is 38.3 Å². The summed E-state index contributed by atoms with van der Waals surface area (Å²) >= 11 is 14.2. The monoisotopic (exact) mass is 317 g/mol. The Morgan fingerprint density at radius 3 is 2.74 bits per heavy atom. The molecule has 6 heteroatoms. The van der Waals surface area contributed by atoms with E-state index in [1.807, 2.05) is 16.1 Å². The van der Waals surface area contributed by atoms with Crippen molar-refractivity contribution in [1.29, 1.82) is 0 Å². The van der Waals surface area contributed by atoms with Gasteiger partial charge in [-0.05, 0) is 31.3 Å². The number of halogens is 2. The predicted molar refractivity (Wildman–Crippen MR) is 82.4 cm³/mol. The maximum absolute atomic E-state index is 6.30. The molecule has 1 unspecified atom stereocenters. The summed E-state index contributed by atoms with van der Waals surface area (Å²) in [5.74, 6) is 0. The van der Waals surface area contributed by atoms with Crippen LogP contribution in [-0.2, 0) is 6.54 Å². The van der Waals surface area contributed by atoms with Crippen LogP contribution in [0.25, 0.3) is 0 Å². The fourth-order valence-electron chi connectivity index (χ4n) is 2.02. The standard InChI is InChI=1S/C13H17Cl2N3S/c1-3-6-16-11(13-9(14)5-7-19-13)12-10(15)8-17-18(12)4-2/h5,7-8,11,16H,3-4,6H2,1-2H3. The smallest absolute Gasteiger partial charge is 0.0872 e. The minimum Gasteiger partial charge on any atom is -0.304 e. The van der Waals surface area contributed by atoms with Crippen LogP contribution in [0.15, 0.2) is 17.6 Å². The number of thiophene rings is 1. The second kappa shape index (κ2) is 6.75. The molecule has 2 aromatic heterocycles. The normalized spacial score (nSPS) is 12.8. The lowest BCUT2D eigenvalue weighted by Crippen LogP contribution is -2.25.